The third kappa shape index (κ3) is 5.84. The third-order valence-electron chi connectivity index (χ3n) is 11.4. The van der Waals surface area contributed by atoms with Crippen molar-refractivity contribution in [2.24, 2.45) is 7.05 Å². The molecule has 0 unspecified atom stereocenters. The smallest absolute Gasteiger partial charge is 0.295 e. The van der Waals surface area contributed by atoms with E-state index >= 15 is 0 Å². The van der Waals surface area contributed by atoms with Gasteiger partial charge in [-0.2, -0.15) is 0 Å². The van der Waals surface area contributed by atoms with Gasteiger partial charge in [0.15, 0.2) is 0 Å². The van der Waals surface area contributed by atoms with Gasteiger partial charge in [-0.05, 0) is 81.8 Å². The first-order valence-corrected chi connectivity index (χ1v) is 19.8. The van der Waals surface area contributed by atoms with Crippen molar-refractivity contribution in [2.45, 2.75) is 26.2 Å². The maximum atomic E-state index is 14.5. The third-order valence-corrected chi connectivity index (χ3v) is 11.4. The van der Waals surface area contributed by atoms with Crippen molar-refractivity contribution >= 4 is 43.9 Å². The Morgan fingerprint density at radius 3 is 1.97 bits per heavy atom. The number of rotatable bonds is 6. The van der Waals surface area contributed by atoms with Gasteiger partial charge in [-0.15, -0.1) is 0 Å². The standard InChI is InChI=1S/C54H42N6O/c1-54(2,3)38-30-31-55-51(32-38)60-45-23-12-11-20-43(45)44-28-26-40(34-49(44)60)59-50-33-39(27-29-46(50)56(4)53(59)61)57-35-58(48-25-14-13-24-47(48)57)52-41(36-16-7-5-8-17-36)21-15-22-42(52)37-18-9-6-10-19-37/h5-34H,1-4H3/i5D,6D,7D,8D,9D,10D,16D,17D,18D,19D. The van der Waals surface area contributed by atoms with E-state index in [-0.39, 0.29) is 39.0 Å². The number of aromatic nitrogens is 6. The van der Waals surface area contributed by atoms with Gasteiger partial charge in [-0.25, -0.2) is 9.78 Å². The zero-order chi connectivity index (χ0) is 50.1. The van der Waals surface area contributed by atoms with Crippen molar-refractivity contribution in [2.75, 3.05) is 0 Å². The predicted molar refractivity (Wildman–Crippen MR) is 247 cm³/mol. The SMILES string of the molecule is [2H]c1c([2H])c([2H])c(-c2cccc(-c3c([2H])c([2H])c([2H])c([2H])c3[2H])c2-[n+]2[c-]n(-c3ccc4c(c3)n(-c3ccc5c6ccccc6n(-c6cc(C(C)(C)C)ccn6)c5c3)c(=O)n4C)c3ccccc32)c([2H])c1[2H]. The van der Waals surface area contributed by atoms with Crippen LogP contribution in [0.5, 0.6) is 0 Å². The highest BCUT2D eigenvalue weighted by Gasteiger charge is 2.22. The molecule has 0 aliphatic carbocycles. The first-order valence-electron chi connectivity index (χ1n) is 24.8. The summed E-state index contributed by atoms with van der Waals surface area (Å²) in [4.78, 5) is 19.3. The first kappa shape index (κ1) is 27.1. The van der Waals surface area contributed by atoms with Gasteiger partial charge in [0.05, 0.1) is 63.9 Å². The van der Waals surface area contributed by atoms with E-state index < -0.39 is 60.4 Å². The Hall–Kier alpha value is -7.77. The van der Waals surface area contributed by atoms with Crippen LogP contribution in [0.1, 0.15) is 40.0 Å². The lowest BCUT2D eigenvalue weighted by Crippen LogP contribution is -2.31. The molecular weight excluding hydrogens is 749 g/mol. The number of benzene rings is 7. The van der Waals surface area contributed by atoms with Gasteiger partial charge in [0.1, 0.15) is 5.82 Å². The summed E-state index contributed by atoms with van der Waals surface area (Å²) in [5.74, 6) is 0.750. The Morgan fingerprint density at radius 2 is 1.25 bits per heavy atom. The van der Waals surface area contributed by atoms with Crippen LogP contribution >= 0.6 is 0 Å². The molecule has 4 aromatic heterocycles. The number of pyridine rings is 1. The lowest BCUT2D eigenvalue weighted by molar-refractivity contribution is -0.571. The van der Waals surface area contributed by atoms with Crippen LogP contribution in [0, 0.1) is 6.33 Å². The van der Waals surface area contributed by atoms with Crippen LogP contribution < -0.4 is 10.3 Å². The average Bonchev–Trinajstić information content (AvgIpc) is 4.00. The van der Waals surface area contributed by atoms with Crippen LogP contribution in [0.3, 0.4) is 0 Å². The monoisotopic (exact) mass is 800 g/mol. The molecular formula is C54H42N6O. The van der Waals surface area contributed by atoms with Crippen LogP contribution in [0.15, 0.2) is 187 Å². The Labute approximate surface area is 367 Å². The molecule has 0 saturated heterocycles. The molecule has 0 aliphatic heterocycles. The second-order valence-corrected chi connectivity index (χ2v) is 16.0. The Kier molecular flexibility index (Phi) is 6.18. The van der Waals surface area contributed by atoms with Gasteiger partial charge >= 0.3 is 5.69 Å². The second-order valence-electron chi connectivity index (χ2n) is 16.0. The van der Waals surface area contributed by atoms with E-state index in [9.17, 15) is 4.79 Å². The highest BCUT2D eigenvalue weighted by molar-refractivity contribution is 6.09. The molecule has 61 heavy (non-hydrogen) atoms. The molecule has 11 rings (SSSR count). The molecule has 4 heterocycles. The highest BCUT2D eigenvalue weighted by Crippen LogP contribution is 2.36. The first-order chi connectivity index (χ1) is 33.9. The summed E-state index contributed by atoms with van der Waals surface area (Å²) in [6.07, 6.45) is 5.28. The molecule has 0 atom stereocenters. The van der Waals surface area contributed by atoms with Gasteiger partial charge in [0.25, 0.3) is 6.33 Å². The average molecular weight is 801 g/mol. The number of hydrogen-bond acceptors (Lipinski definition) is 2. The van der Waals surface area contributed by atoms with E-state index in [1.807, 2.05) is 79.0 Å². The van der Waals surface area contributed by atoms with Crippen LogP contribution in [-0.4, -0.2) is 23.3 Å². The Morgan fingerprint density at radius 1 is 0.607 bits per heavy atom. The van der Waals surface area contributed by atoms with E-state index in [0.717, 1.165) is 33.2 Å². The topological polar surface area (TPSA) is 53.6 Å². The normalized spacial score (nSPS) is 14.3. The van der Waals surface area contributed by atoms with Crippen molar-refractivity contribution < 1.29 is 18.3 Å². The minimum atomic E-state index is -0.581. The fourth-order valence-corrected chi connectivity index (χ4v) is 8.45. The van der Waals surface area contributed by atoms with Crippen molar-refractivity contribution in [1.29, 1.82) is 0 Å². The summed E-state index contributed by atoms with van der Waals surface area (Å²) in [6.45, 7) is 6.49. The summed E-state index contributed by atoms with van der Waals surface area (Å²) in [5, 5.41) is 2.03. The summed E-state index contributed by atoms with van der Waals surface area (Å²) in [5.41, 5.74) is 6.24. The minimum absolute atomic E-state index is 0.127. The van der Waals surface area contributed by atoms with Crippen LogP contribution in [-0.2, 0) is 12.5 Å². The van der Waals surface area contributed by atoms with Crippen molar-refractivity contribution in [3.05, 3.63) is 204 Å². The maximum Gasteiger partial charge on any atom is 0.333 e. The second kappa shape index (κ2) is 13.9. The molecule has 294 valence electrons. The number of aryl methyl sites for hydroxylation is 1. The van der Waals surface area contributed by atoms with Gasteiger partial charge in [-0.3, -0.25) is 22.8 Å². The van der Waals surface area contributed by atoms with Crippen LogP contribution in [0.2, 0.25) is 0 Å². The molecule has 7 aromatic carbocycles. The lowest BCUT2D eigenvalue weighted by Gasteiger charge is -2.20. The number of fused-ring (bicyclic) bond motifs is 5. The van der Waals surface area contributed by atoms with Crippen molar-refractivity contribution in [1.82, 2.24) is 23.3 Å². The summed E-state index contributed by atoms with van der Waals surface area (Å²) >= 11 is 0. The predicted octanol–water partition coefficient (Wildman–Crippen LogP) is 11.5. The van der Waals surface area contributed by atoms with Gasteiger partial charge in [-0.1, -0.05) is 148 Å². The van der Waals surface area contributed by atoms with Crippen molar-refractivity contribution in [3.63, 3.8) is 0 Å². The molecule has 0 N–H and O–H groups in total. The van der Waals surface area contributed by atoms with Crippen molar-refractivity contribution in [3.8, 4) is 45.1 Å². The van der Waals surface area contributed by atoms with E-state index in [1.165, 1.54) is 0 Å². The van der Waals surface area contributed by atoms with Crippen LogP contribution in [0.25, 0.3) is 89.0 Å². The molecule has 7 heteroatoms. The molecule has 11 aromatic rings. The summed E-state index contributed by atoms with van der Waals surface area (Å²) in [6, 6.07) is 30.5. The zero-order valence-corrected chi connectivity index (χ0v) is 33.6. The van der Waals surface area contributed by atoms with E-state index in [2.05, 4.69) is 49.9 Å². The molecule has 0 amide bonds. The molecule has 0 spiro atoms. The Balaban J connectivity index is 1.17. The van der Waals surface area contributed by atoms with E-state index in [4.69, 9.17) is 18.7 Å². The molecule has 0 bridgehead atoms. The van der Waals surface area contributed by atoms with Gasteiger partial charge in [0.2, 0.25) is 0 Å². The lowest BCUT2D eigenvalue weighted by atomic mass is 9.88. The molecule has 0 aliphatic rings. The molecule has 0 fully saturated rings. The number of imidazole rings is 2. The van der Waals surface area contributed by atoms with E-state index in [0.29, 0.717) is 33.4 Å². The zero-order valence-electron chi connectivity index (χ0n) is 43.6. The minimum Gasteiger partial charge on any atom is -0.295 e. The highest BCUT2D eigenvalue weighted by atomic mass is 16.1. The summed E-state index contributed by atoms with van der Waals surface area (Å²) in [7, 11) is 1.72. The quantitative estimate of drug-likeness (QED) is 0.124. The number of para-hydroxylation sites is 4. The number of nitrogens with zero attached hydrogens (tertiary/aromatic N) is 6. The molecule has 0 radical (unpaired) electrons. The molecule has 7 nitrogen and oxygen atoms in total. The fraction of sp³-hybridized carbons (Fsp3) is 0.0926. The summed E-state index contributed by atoms with van der Waals surface area (Å²) < 4.78 is 96.0. The van der Waals surface area contributed by atoms with E-state index in [1.54, 1.807) is 49.6 Å². The van der Waals surface area contributed by atoms with Gasteiger partial charge < -0.3 is 0 Å². The van der Waals surface area contributed by atoms with Gasteiger partial charge in [0, 0.05) is 24.0 Å². The van der Waals surface area contributed by atoms with Crippen LogP contribution in [0.4, 0.5) is 0 Å². The molecule has 0 saturated carbocycles. The number of hydrogen-bond donors (Lipinski definition) is 0. The maximum absolute atomic E-state index is 14.5. The Bertz CT molecular complexity index is 4020. The fourth-order valence-electron chi connectivity index (χ4n) is 8.45. The largest absolute Gasteiger partial charge is 0.333 e.